The first kappa shape index (κ1) is 21.6. The Labute approximate surface area is 177 Å². The molecule has 2 aliphatic rings. The van der Waals surface area contributed by atoms with Gasteiger partial charge in [-0.15, -0.1) is 24.0 Å². The lowest BCUT2D eigenvalue weighted by atomic mass is 10.2. The van der Waals surface area contributed by atoms with E-state index < -0.39 is 0 Å². The molecule has 1 atom stereocenters. The van der Waals surface area contributed by atoms with E-state index in [1.165, 1.54) is 0 Å². The maximum absolute atomic E-state index is 12.1. The number of amides is 1. The fourth-order valence-electron chi connectivity index (χ4n) is 3.10. The van der Waals surface area contributed by atoms with Crippen LogP contribution in [0.1, 0.15) is 26.2 Å². The Morgan fingerprint density at radius 2 is 1.96 bits per heavy atom. The molecule has 2 aliphatic heterocycles. The van der Waals surface area contributed by atoms with E-state index in [2.05, 4.69) is 15.6 Å². The Morgan fingerprint density at radius 1 is 1.22 bits per heavy atom. The van der Waals surface area contributed by atoms with Crippen LogP contribution in [0.2, 0.25) is 0 Å². The number of likely N-dealkylation sites (tertiary alicyclic amines) is 1. The van der Waals surface area contributed by atoms with Gasteiger partial charge in [0.15, 0.2) is 23.6 Å². The number of guanidine groups is 1. The summed E-state index contributed by atoms with van der Waals surface area (Å²) >= 11 is 0. The van der Waals surface area contributed by atoms with Gasteiger partial charge in [0.2, 0.25) is 5.91 Å². The van der Waals surface area contributed by atoms with Crippen molar-refractivity contribution in [3.63, 3.8) is 0 Å². The van der Waals surface area contributed by atoms with Crippen LogP contribution in [0, 0.1) is 0 Å². The number of hydrogen-bond acceptors (Lipinski definition) is 4. The highest BCUT2D eigenvalue weighted by atomic mass is 127. The van der Waals surface area contributed by atoms with E-state index in [0.29, 0.717) is 32.1 Å². The van der Waals surface area contributed by atoms with Gasteiger partial charge in [-0.25, -0.2) is 4.99 Å². The maximum atomic E-state index is 12.1. The maximum Gasteiger partial charge on any atom is 0.224 e. The van der Waals surface area contributed by atoms with Crippen LogP contribution < -0.4 is 20.1 Å². The second kappa shape index (κ2) is 11.2. The average Bonchev–Trinajstić information content (AvgIpc) is 3.21. The van der Waals surface area contributed by atoms with Gasteiger partial charge >= 0.3 is 0 Å². The molecule has 0 radical (unpaired) electrons. The molecule has 1 aromatic carbocycles. The van der Waals surface area contributed by atoms with Crippen molar-refractivity contribution >= 4 is 35.8 Å². The molecule has 1 aromatic rings. The minimum atomic E-state index is -0.119. The lowest BCUT2D eigenvalue weighted by Crippen LogP contribution is -2.41. The highest BCUT2D eigenvalue weighted by Crippen LogP contribution is 2.30. The molecule has 7 nitrogen and oxygen atoms in total. The van der Waals surface area contributed by atoms with Gasteiger partial charge in [0.1, 0.15) is 6.61 Å². The van der Waals surface area contributed by atoms with E-state index in [1.54, 1.807) is 0 Å². The van der Waals surface area contributed by atoms with Gasteiger partial charge in [-0.05, 0) is 31.9 Å². The highest BCUT2D eigenvalue weighted by Gasteiger charge is 2.20. The number of carbonyl (C=O) groups is 1. The number of ether oxygens (including phenoxy) is 2. The number of hydrogen-bond donors (Lipinski definition) is 2. The number of nitrogens with zero attached hydrogens (tertiary/aromatic N) is 2. The summed E-state index contributed by atoms with van der Waals surface area (Å²) < 4.78 is 11.6. The molecule has 0 spiro atoms. The fourth-order valence-corrected chi connectivity index (χ4v) is 3.10. The summed E-state index contributed by atoms with van der Waals surface area (Å²) in [5.74, 6) is 2.45. The predicted octanol–water partition coefficient (Wildman–Crippen LogP) is 2.01. The van der Waals surface area contributed by atoms with Gasteiger partial charge in [0.05, 0.1) is 6.54 Å². The smallest absolute Gasteiger partial charge is 0.224 e. The second-order valence-corrected chi connectivity index (χ2v) is 6.48. The zero-order valence-corrected chi connectivity index (χ0v) is 18.1. The molecular weight excluding hydrogens is 459 g/mol. The van der Waals surface area contributed by atoms with E-state index in [9.17, 15) is 4.79 Å². The Kier molecular flexibility index (Phi) is 8.96. The number of carbonyl (C=O) groups excluding carboxylic acids is 1. The Hall–Kier alpha value is -1.71. The summed E-state index contributed by atoms with van der Waals surface area (Å²) in [6.07, 6.45) is 2.61. The Morgan fingerprint density at radius 3 is 2.70 bits per heavy atom. The summed E-state index contributed by atoms with van der Waals surface area (Å²) in [7, 11) is 0. The van der Waals surface area contributed by atoms with Crippen molar-refractivity contribution in [2.45, 2.75) is 32.3 Å². The van der Waals surface area contributed by atoms with Crippen LogP contribution in [0.4, 0.5) is 0 Å². The largest absolute Gasteiger partial charge is 0.486 e. The number of nitrogens with one attached hydrogen (secondary N) is 2. The minimum absolute atomic E-state index is 0. The normalized spacial score (nSPS) is 18.6. The number of halogens is 1. The second-order valence-electron chi connectivity index (χ2n) is 6.48. The molecule has 0 bridgehead atoms. The van der Waals surface area contributed by atoms with Gasteiger partial charge in [-0.3, -0.25) is 4.79 Å². The van der Waals surface area contributed by atoms with Crippen molar-refractivity contribution in [2.24, 2.45) is 4.99 Å². The number of aliphatic imine (C=N–C) groups is 1. The number of fused-ring (bicyclic) bond motifs is 1. The molecular formula is C19H29IN4O3. The monoisotopic (exact) mass is 488 g/mol. The van der Waals surface area contributed by atoms with E-state index in [1.807, 2.05) is 36.1 Å². The standard InChI is InChI=1S/C19H28N4O3.HI/c1-2-20-19(21-10-9-18(24)23-11-5-6-12-23)22-13-15-14-25-16-7-3-4-8-17(16)26-15;/h3-4,7-8,15H,2,5-6,9-14H2,1H3,(H2,20,21,22);1H. The van der Waals surface area contributed by atoms with Crippen molar-refractivity contribution in [3.8, 4) is 11.5 Å². The topological polar surface area (TPSA) is 75.2 Å². The molecule has 1 saturated heterocycles. The number of rotatable bonds is 6. The van der Waals surface area contributed by atoms with Gasteiger partial charge in [0.25, 0.3) is 0 Å². The van der Waals surface area contributed by atoms with Crippen molar-refractivity contribution in [1.82, 2.24) is 15.5 Å². The third-order valence-corrected chi connectivity index (χ3v) is 4.45. The Bertz CT molecular complexity index is 635. The molecule has 27 heavy (non-hydrogen) atoms. The molecule has 1 amide bonds. The van der Waals surface area contributed by atoms with Crippen LogP contribution in [-0.2, 0) is 4.79 Å². The van der Waals surface area contributed by atoms with E-state index in [-0.39, 0.29) is 36.0 Å². The van der Waals surface area contributed by atoms with Crippen LogP contribution in [0.15, 0.2) is 29.3 Å². The third-order valence-electron chi connectivity index (χ3n) is 4.45. The predicted molar refractivity (Wildman–Crippen MR) is 116 cm³/mol. The van der Waals surface area contributed by atoms with Crippen LogP contribution in [0.5, 0.6) is 11.5 Å². The summed E-state index contributed by atoms with van der Waals surface area (Å²) in [6, 6.07) is 7.66. The molecule has 0 aliphatic carbocycles. The molecule has 2 heterocycles. The van der Waals surface area contributed by atoms with Crippen molar-refractivity contribution < 1.29 is 14.3 Å². The lowest BCUT2D eigenvalue weighted by Gasteiger charge is -2.25. The molecule has 8 heteroatoms. The number of para-hydroxylation sites is 2. The Balaban J connectivity index is 0.00000261. The highest BCUT2D eigenvalue weighted by molar-refractivity contribution is 14.0. The quantitative estimate of drug-likeness (QED) is 0.364. The van der Waals surface area contributed by atoms with E-state index >= 15 is 0 Å². The third kappa shape index (κ3) is 6.44. The van der Waals surface area contributed by atoms with Crippen LogP contribution >= 0.6 is 24.0 Å². The first-order valence-corrected chi connectivity index (χ1v) is 9.44. The molecule has 3 rings (SSSR count). The van der Waals surface area contributed by atoms with E-state index in [4.69, 9.17) is 9.47 Å². The zero-order valence-electron chi connectivity index (χ0n) is 15.8. The fraction of sp³-hybridized carbons (Fsp3) is 0.579. The average molecular weight is 488 g/mol. The molecule has 0 saturated carbocycles. The van der Waals surface area contributed by atoms with Crippen LogP contribution in [0.25, 0.3) is 0 Å². The van der Waals surface area contributed by atoms with Gasteiger partial charge < -0.3 is 25.0 Å². The molecule has 0 aromatic heterocycles. The summed E-state index contributed by atoms with van der Waals surface area (Å²) in [5, 5.41) is 6.43. The minimum Gasteiger partial charge on any atom is -0.486 e. The lowest BCUT2D eigenvalue weighted by molar-refractivity contribution is -0.129. The summed E-state index contributed by atoms with van der Waals surface area (Å²) in [6.45, 7) is 6.11. The number of benzene rings is 1. The van der Waals surface area contributed by atoms with Crippen molar-refractivity contribution in [3.05, 3.63) is 24.3 Å². The molecule has 1 unspecified atom stereocenters. The van der Waals surface area contributed by atoms with Gasteiger partial charge in [-0.2, -0.15) is 0 Å². The summed E-state index contributed by atoms with van der Waals surface area (Å²) in [4.78, 5) is 18.6. The van der Waals surface area contributed by atoms with Gasteiger partial charge in [0, 0.05) is 32.6 Å². The molecule has 1 fully saturated rings. The van der Waals surface area contributed by atoms with Gasteiger partial charge in [-0.1, -0.05) is 12.1 Å². The van der Waals surface area contributed by atoms with Crippen LogP contribution in [-0.4, -0.2) is 62.2 Å². The molecule has 150 valence electrons. The van der Waals surface area contributed by atoms with Crippen LogP contribution in [0.3, 0.4) is 0 Å². The van der Waals surface area contributed by atoms with Crippen molar-refractivity contribution in [2.75, 3.05) is 39.3 Å². The van der Waals surface area contributed by atoms with E-state index in [0.717, 1.165) is 44.0 Å². The molecule has 2 N–H and O–H groups in total. The zero-order chi connectivity index (χ0) is 18.2. The summed E-state index contributed by atoms with van der Waals surface area (Å²) in [5.41, 5.74) is 0. The van der Waals surface area contributed by atoms with Crippen molar-refractivity contribution in [1.29, 1.82) is 0 Å². The SMILES string of the molecule is CCNC(=NCC1COc2ccccc2O1)NCCC(=O)N1CCCC1.I. The first-order valence-electron chi connectivity index (χ1n) is 9.44. The first-order chi connectivity index (χ1) is 12.8.